The van der Waals surface area contributed by atoms with Crippen LogP contribution in [-0.4, -0.2) is 106 Å². The summed E-state index contributed by atoms with van der Waals surface area (Å²) in [7, 11) is 0. The third-order valence-electron chi connectivity index (χ3n) is 6.16. The SMILES string of the molecule is O=C(/C=C/c1ccc(Cl)c(Cl)c1)N1CCC(=O)N(CC(O)CN2CC[C@H](O)C[C@H]2CO)CC1. The number of aliphatic hydroxyl groups is 3. The lowest BCUT2D eigenvalue weighted by Crippen LogP contribution is -2.51. The smallest absolute Gasteiger partial charge is 0.246 e. The minimum absolute atomic E-state index is 0.0841. The van der Waals surface area contributed by atoms with Crippen LogP contribution in [0.1, 0.15) is 24.8 Å². The van der Waals surface area contributed by atoms with Crippen LogP contribution >= 0.6 is 23.2 Å². The van der Waals surface area contributed by atoms with Gasteiger partial charge in [-0.05, 0) is 36.6 Å². The van der Waals surface area contributed by atoms with Gasteiger partial charge in [0.25, 0.3) is 0 Å². The number of carbonyl (C=O) groups is 2. The molecule has 2 amide bonds. The maximum absolute atomic E-state index is 12.6. The number of halogens is 2. The highest BCUT2D eigenvalue weighted by Crippen LogP contribution is 2.23. The molecule has 3 rings (SSSR count). The molecule has 33 heavy (non-hydrogen) atoms. The summed E-state index contributed by atoms with van der Waals surface area (Å²) in [6, 6.07) is 4.90. The second-order valence-electron chi connectivity index (χ2n) is 8.59. The van der Waals surface area contributed by atoms with E-state index in [9.17, 15) is 24.9 Å². The van der Waals surface area contributed by atoms with Gasteiger partial charge in [-0.2, -0.15) is 0 Å². The zero-order valence-corrected chi connectivity index (χ0v) is 20.0. The van der Waals surface area contributed by atoms with Crippen molar-refractivity contribution in [2.75, 3.05) is 45.9 Å². The number of rotatable bonds is 7. The topological polar surface area (TPSA) is 105 Å². The number of likely N-dealkylation sites (tertiary alicyclic amines) is 1. The van der Waals surface area contributed by atoms with Crippen LogP contribution in [0.15, 0.2) is 24.3 Å². The Bertz CT molecular complexity index is 868. The van der Waals surface area contributed by atoms with Crippen molar-refractivity contribution in [2.24, 2.45) is 0 Å². The van der Waals surface area contributed by atoms with Gasteiger partial charge < -0.3 is 25.1 Å². The molecule has 0 saturated carbocycles. The van der Waals surface area contributed by atoms with Crippen LogP contribution in [0.4, 0.5) is 0 Å². The maximum atomic E-state index is 12.6. The van der Waals surface area contributed by atoms with Gasteiger partial charge in [-0.25, -0.2) is 0 Å². The van der Waals surface area contributed by atoms with Crippen LogP contribution in [0.2, 0.25) is 10.0 Å². The minimum atomic E-state index is -0.782. The average Bonchev–Trinajstić information content (AvgIpc) is 2.97. The number of β-amino-alcohol motifs (C(OH)–C–C–N with tert-alkyl or cyclic N) is 1. The quantitative estimate of drug-likeness (QED) is 0.487. The van der Waals surface area contributed by atoms with Gasteiger partial charge in [0.2, 0.25) is 11.8 Å². The van der Waals surface area contributed by atoms with Gasteiger partial charge in [0.15, 0.2) is 0 Å². The molecule has 182 valence electrons. The third kappa shape index (κ3) is 7.40. The molecule has 2 fully saturated rings. The number of hydrogen-bond donors (Lipinski definition) is 3. The predicted molar refractivity (Wildman–Crippen MR) is 127 cm³/mol. The summed E-state index contributed by atoms with van der Waals surface area (Å²) >= 11 is 11.9. The highest BCUT2D eigenvalue weighted by Gasteiger charge is 2.30. The molecule has 0 aromatic heterocycles. The molecule has 2 aliphatic heterocycles. The number of amides is 2. The molecule has 1 aromatic rings. The van der Waals surface area contributed by atoms with Crippen LogP contribution in [0.25, 0.3) is 6.08 Å². The zero-order valence-electron chi connectivity index (χ0n) is 18.4. The van der Waals surface area contributed by atoms with Gasteiger partial charge in [0, 0.05) is 57.8 Å². The van der Waals surface area contributed by atoms with E-state index < -0.39 is 12.2 Å². The highest BCUT2D eigenvalue weighted by atomic mass is 35.5. The van der Waals surface area contributed by atoms with Crippen molar-refractivity contribution < 1.29 is 24.9 Å². The predicted octanol–water partition coefficient (Wildman–Crippen LogP) is 1.25. The molecule has 1 unspecified atom stereocenters. The van der Waals surface area contributed by atoms with E-state index in [2.05, 4.69) is 0 Å². The second kappa shape index (κ2) is 12.1. The Morgan fingerprint density at radius 1 is 1.15 bits per heavy atom. The normalized spacial score (nSPS) is 23.7. The van der Waals surface area contributed by atoms with Crippen LogP contribution in [-0.2, 0) is 9.59 Å². The van der Waals surface area contributed by atoms with Crippen molar-refractivity contribution in [3.63, 3.8) is 0 Å². The number of hydrogen-bond acceptors (Lipinski definition) is 6. The highest BCUT2D eigenvalue weighted by molar-refractivity contribution is 6.42. The van der Waals surface area contributed by atoms with Crippen molar-refractivity contribution in [3.05, 3.63) is 39.9 Å². The Hall–Kier alpha value is -1.68. The van der Waals surface area contributed by atoms with Crippen molar-refractivity contribution in [1.82, 2.24) is 14.7 Å². The van der Waals surface area contributed by atoms with Crippen LogP contribution in [0.5, 0.6) is 0 Å². The van der Waals surface area contributed by atoms with Crippen molar-refractivity contribution in [3.8, 4) is 0 Å². The number of benzene rings is 1. The average molecular weight is 500 g/mol. The molecule has 3 N–H and O–H groups in total. The van der Waals surface area contributed by atoms with E-state index in [0.29, 0.717) is 55.6 Å². The van der Waals surface area contributed by atoms with Gasteiger partial charge in [-0.1, -0.05) is 29.3 Å². The fourth-order valence-corrected chi connectivity index (χ4v) is 4.57. The van der Waals surface area contributed by atoms with Gasteiger partial charge in [-0.15, -0.1) is 0 Å². The number of nitrogens with zero attached hydrogens (tertiary/aromatic N) is 3. The fourth-order valence-electron chi connectivity index (χ4n) is 4.26. The van der Waals surface area contributed by atoms with Crippen molar-refractivity contribution in [2.45, 2.75) is 37.5 Å². The van der Waals surface area contributed by atoms with Crippen LogP contribution in [0.3, 0.4) is 0 Å². The van der Waals surface area contributed by atoms with Gasteiger partial charge in [0.1, 0.15) is 0 Å². The molecule has 2 aliphatic rings. The lowest BCUT2D eigenvalue weighted by molar-refractivity contribution is -0.132. The zero-order chi connectivity index (χ0) is 24.0. The number of piperidine rings is 1. The van der Waals surface area contributed by atoms with Gasteiger partial charge in [0.05, 0.1) is 28.9 Å². The van der Waals surface area contributed by atoms with E-state index in [-0.39, 0.29) is 37.4 Å². The van der Waals surface area contributed by atoms with E-state index in [1.165, 1.54) is 6.08 Å². The molecule has 0 radical (unpaired) electrons. The first-order valence-electron chi connectivity index (χ1n) is 11.2. The lowest BCUT2D eigenvalue weighted by atomic mass is 9.99. The summed E-state index contributed by atoms with van der Waals surface area (Å²) in [4.78, 5) is 30.4. The molecule has 2 heterocycles. The van der Waals surface area contributed by atoms with E-state index >= 15 is 0 Å². The van der Waals surface area contributed by atoms with Crippen LogP contribution < -0.4 is 0 Å². The fraction of sp³-hybridized carbons (Fsp3) is 0.565. The Balaban J connectivity index is 1.51. The van der Waals surface area contributed by atoms with E-state index in [0.717, 1.165) is 5.56 Å². The second-order valence-corrected chi connectivity index (χ2v) is 9.40. The molecule has 8 nitrogen and oxygen atoms in total. The molecule has 3 atom stereocenters. The van der Waals surface area contributed by atoms with Gasteiger partial charge in [-0.3, -0.25) is 14.5 Å². The number of aliphatic hydroxyl groups excluding tert-OH is 3. The molecule has 0 aliphatic carbocycles. The van der Waals surface area contributed by atoms with Crippen molar-refractivity contribution in [1.29, 1.82) is 0 Å². The summed E-state index contributed by atoms with van der Waals surface area (Å²) in [6.45, 7) is 2.01. The maximum Gasteiger partial charge on any atom is 0.246 e. The van der Waals surface area contributed by atoms with Crippen molar-refractivity contribution >= 4 is 41.1 Å². The Kier molecular flexibility index (Phi) is 9.55. The molecule has 2 saturated heterocycles. The molecule has 0 spiro atoms. The van der Waals surface area contributed by atoms with E-state index in [4.69, 9.17) is 23.2 Å². The standard InChI is InChI=1S/C23H31Cl2N3O5/c24-20-3-1-16(11-21(20)25)2-4-22(32)26-8-6-23(33)28(10-9-26)14-19(31)13-27-7-5-18(30)12-17(27)15-29/h1-4,11,17-19,29-31H,5-10,12-15H2/b4-2+/t17-,18-,19?/m0/s1. The molecular weight excluding hydrogens is 469 g/mol. The summed E-state index contributed by atoms with van der Waals surface area (Å²) < 4.78 is 0. The van der Waals surface area contributed by atoms with E-state index in [1.54, 1.807) is 34.1 Å². The first kappa shape index (κ1) is 25.9. The lowest BCUT2D eigenvalue weighted by Gasteiger charge is -2.38. The summed E-state index contributed by atoms with van der Waals surface area (Å²) in [6.07, 6.45) is 3.15. The molecule has 0 bridgehead atoms. The number of carbonyl (C=O) groups excluding carboxylic acids is 2. The summed E-state index contributed by atoms with van der Waals surface area (Å²) in [5.41, 5.74) is 0.750. The van der Waals surface area contributed by atoms with Crippen LogP contribution in [0, 0.1) is 0 Å². The Labute approximate surface area is 204 Å². The first-order chi connectivity index (χ1) is 15.8. The molecule has 10 heteroatoms. The molecular formula is C23H31Cl2N3O5. The Morgan fingerprint density at radius 3 is 2.67 bits per heavy atom. The summed E-state index contributed by atoms with van der Waals surface area (Å²) in [5, 5.41) is 30.8. The molecule has 1 aromatic carbocycles. The van der Waals surface area contributed by atoms with Gasteiger partial charge >= 0.3 is 0 Å². The van der Waals surface area contributed by atoms with E-state index in [1.807, 2.05) is 4.90 Å². The largest absolute Gasteiger partial charge is 0.395 e. The first-order valence-corrected chi connectivity index (χ1v) is 11.9. The Morgan fingerprint density at radius 2 is 1.94 bits per heavy atom. The third-order valence-corrected chi connectivity index (χ3v) is 6.90. The minimum Gasteiger partial charge on any atom is -0.395 e. The monoisotopic (exact) mass is 499 g/mol. The summed E-state index contributed by atoms with van der Waals surface area (Å²) in [5.74, 6) is -0.306.